The summed E-state index contributed by atoms with van der Waals surface area (Å²) in [5.41, 5.74) is 1.71. The Labute approximate surface area is 92.3 Å². The minimum atomic E-state index is 0.595. The van der Waals surface area contributed by atoms with Crippen LogP contribution in [0.25, 0.3) is 0 Å². The summed E-state index contributed by atoms with van der Waals surface area (Å²) < 4.78 is 0. The molecule has 0 atom stereocenters. The minimum absolute atomic E-state index is 0.595. The molecule has 0 aromatic carbocycles. The lowest BCUT2D eigenvalue weighted by Gasteiger charge is -2.06. The molecule has 0 bridgehead atoms. The summed E-state index contributed by atoms with van der Waals surface area (Å²) in [5, 5.41) is 11.5. The van der Waals surface area contributed by atoms with Gasteiger partial charge < -0.3 is 5.32 Å². The van der Waals surface area contributed by atoms with Gasteiger partial charge in [0.15, 0.2) is 0 Å². The zero-order valence-corrected chi connectivity index (χ0v) is 8.65. The molecular formula is C10H9ClN4. The highest BCUT2D eigenvalue weighted by Crippen LogP contribution is 2.19. The van der Waals surface area contributed by atoms with Crippen molar-refractivity contribution in [3.05, 3.63) is 47.5 Å². The van der Waals surface area contributed by atoms with Gasteiger partial charge in [0.1, 0.15) is 0 Å². The van der Waals surface area contributed by atoms with E-state index >= 15 is 0 Å². The van der Waals surface area contributed by atoms with Crippen LogP contribution in [0.4, 0.5) is 5.69 Å². The lowest BCUT2D eigenvalue weighted by Crippen LogP contribution is -2.02. The highest BCUT2D eigenvalue weighted by atomic mass is 35.5. The molecule has 15 heavy (non-hydrogen) atoms. The Morgan fingerprint density at radius 3 is 2.93 bits per heavy atom. The van der Waals surface area contributed by atoms with Gasteiger partial charge in [-0.15, -0.1) is 0 Å². The number of nitrogens with zero attached hydrogens (tertiary/aromatic N) is 3. The van der Waals surface area contributed by atoms with E-state index in [0.29, 0.717) is 11.6 Å². The summed E-state index contributed by atoms with van der Waals surface area (Å²) in [6, 6.07) is 5.56. The second kappa shape index (κ2) is 4.70. The predicted octanol–water partition coefficient (Wildman–Crippen LogP) is 2.14. The topological polar surface area (TPSA) is 50.7 Å². The van der Waals surface area contributed by atoms with Crippen molar-refractivity contribution in [2.75, 3.05) is 5.32 Å². The number of hydrogen-bond donors (Lipinski definition) is 1. The Hall–Kier alpha value is -1.68. The van der Waals surface area contributed by atoms with Crippen LogP contribution in [0.3, 0.4) is 0 Å². The molecule has 2 heterocycles. The number of aromatic nitrogens is 3. The molecule has 0 amide bonds. The first kappa shape index (κ1) is 9.86. The van der Waals surface area contributed by atoms with Crippen molar-refractivity contribution in [2.45, 2.75) is 6.54 Å². The van der Waals surface area contributed by atoms with E-state index in [2.05, 4.69) is 20.5 Å². The third-order valence-corrected chi connectivity index (χ3v) is 2.16. The monoisotopic (exact) mass is 220 g/mol. The van der Waals surface area contributed by atoms with Gasteiger partial charge in [-0.3, -0.25) is 4.98 Å². The zero-order chi connectivity index (χ0) is 10.5. The third-order valence-electron chi connectivity index (χ3n) is 1.86. The van der Waals surface area contributed by atoms with Crippen LogP contribution < -0.4 is 5.32 Å². The SMILES string of the molecule is Clc1cnccc1NCc1cccnn1. The number of pyridine rings is 1. The first-order chi connectivity index (χ1) is 7.36. The van der Waals surface area contributed by atoms with Gasteiger partial charge >= 0.3 is 0 Å². The van der Waals surface area contributed by atoms with Crippen molar-refractivity contribution in [3.63, 3.8) is 0 Å². The van der Waals surface area contributed by atoms with Crippen molar-refractivity contribution in [3.8, 4) is 0 Å². The molecule has 0 fully saturated rings. The Kier molecular flexibility index (Phi) is 3.09. The standard InChI is InChI=1S/C10H9ClN4/c11-9-7-12-5-3-10(9)13-6-8-2-1-4-14-15-8/h1-5,7H,6H2,(H,12,13). The number of anilines is 1. The molecule has 0 unspecified atom stereocenters. The third kappa shape index (κ3) is 2.63. The molecular weight excluding hydrogens is 212 g/mol. The van der Waals surface area contributed by atoms with E-state index in [1.165, 1.54) is 0 Å². The summed E-state index contributed by atoms with van der Waals surface area (Å²) in [6.07, 6.45) is 4.92. The first-order valence-electron chi connectivity index (χ1n) is 4.46. The van der Waals surface area contributed by atoms with Crippen molar-refractivity contribution in [1.82, 2.24) is 15.2 Å². The fourth-order valence-corrected chi connectivity index (χ4v) is 1.32. The van der Waals surface area contributed by atoms with Gasteiger partial charge in [0.2, 0.25) is 0 Å². The van der Waals surface area contributed by atoms with Gasteiger partial charge in [-0.1, -0.05) is 11.6 Å². The van der Waals surface area contributed by atoms with Crippen LogP contribution in [0.2, 0.25) is 5.02 Å². The molecule has 76 valence electrons. The maximum atomic E-state index is 5.93. The van der Waals surface area contributed by atoms with E-state index in [4.69, 9.17) is 11.6 Å². The van der Waals surface area contributed by atoms with Gasteiger partial charge in [-0.25, -0.2) is 0 Å². The first-order valence-corrected chi connectivity index (χ1v) is 4.84. The van der Waals surface area contributed by atoms with Gasteiger partial charge in [-0.05, 0) is 18.2 Å². The van der Waals surface area contributed by atoms with Crippen molar-refractivity contribution < 1.29 is 0 Å². The molecule has 0 saturated carbocycles. The van der Waals surface area contributed by atoms with Gasteiger partial charge in [0, 0.05) is 18.6 Å². The van der Waals surface area contributed by atoms with Crippen LogP contribution >= 0.6 is 11.6 Å². The van der Waals surface area contributed by atoms with Crippen LogP contribution in [-0.2, 0) is 6.54 Å². The largest absolute Gasteiger partial charge is 0.378 e. The molecule has 0 aliphatic heterocycles. The molecule has 1 N–H and O–H groups in total. The van der Waals surface area contributed by atoms with Crippen LogP contribution in [0.15, 0.2) is 36.8 Å². The molecule has 2 aromatic heterocycles. The van der Waals surface area contributed by atoms with Crippen LogP contribution in [0.1, 0.15) is 5.69 Å². The Balaban J connectivity index is 2.03. The van der Waals surface area contributed by atoms with Crippen LogP contribution in [0, 0.1) is 0 Å². The van der Waals surface area contributed by atoms with Gasteiger partial charge in [-0.2, -0.15) is 10.2 Å². The smallest absolute Gasteiger partial charge is 0.0821 e. The number of hydrogen-bond acceptors (Lipinski definition) is 4. The van der Waals surface area contributed by atoms with Crippen molar-refractivity contribution in [1.29, 1.82) is 0 Å². The molecule has 4 nitrogen and oxygen atoms in total. The number of rotatable bonds is 3. The lowest BCUT2D eigenvalue weighted by atomic mass is 10.3. The van der Waals surface area contributed by atoms with Gasteiger partial charge in [0.05, 0.1) is 22.9 Å². The molecule has 0 radical (unpaired) electrons. The molecule has 0 aliphatic rings. The normalized spacial score (nSPS) is 9.93. The maximum absolute atomic E-state index is 5.93. The fraction of sp³-hybridized carbons (Fsp3) is 0.100. The summed E-state index contributed by atoms with van der Waals surface area (Å²) in [7, 11) is 0. The number of halogens is 1. The van der Waals surface area contributed by atoms with Crippen molar-refractivity contribution >= 4 is 17.3 Å². The quantitative estimate of drug-likeness (QED) is 0.861. The number of nitrogens with one attached hydrogen (secondary N) is 1. The average molecular weight is 221 g/mol. The molecule has 5 heteroatoms. The molecule has 2 aromatic rings. The summed E-state index contributed by atoms with van der Waals surface area (Å²) in [5.74, 6) is 0. The second-order valence-electron chi connectivity index (χ2n) is 2.92. The van der Waals surface area contributed by atoms with E-state index in [0.717, 1.165) is 11.4 Å². The maximum Gasteiger partial charge on any atom is 0.0821 e. The van der Waals surface area contributed by atoms with Gasteiger partial charge in [0.25, 0.3) is 0 Å². The minimum Gasteiger partial charge on any atom is -0.378 e. The highest BCUT2D eigenvalue weighted by molar-refractivity contribution is 6.33. The average Bonchev–Trinajstić information content (AvgIpc) is 2.29. The van der Waals surface area contributed by atoms with E-state index < -0.39 is 0 Å². The summed E-state index contributed by atoms with van der Waals surface area (Å²) in [6.45, 7) is 0.595. The van der Waals surface area contributed by atoms with E-state index in [1.807, 2.05) is 18.2 Å². The van der Waals surface area contributed by atoms with E-state index in [1.54, 1.807) is 18.6 Å². The zero-order valence-electron chi connectivity index (χ0n) is 7.89. The molecule has 2 rings (SSSR count). The lowest BCUT2D eigenvalue weighted by molar-refractivity contribution is 0.924. The summed E-state index contributed by atoms with van der Waals surface area (Å²) in [4.78, 5) is 3.90. The van der Waals surface area contributed by atoms with Crippen molar-refractivity contribution in [2.24, 2.45) is 0 Å². The van der Waals surface area contributed by atoms with Crippen LogP contribution in [-0.4, -0.2) is 15.2 Å². The molecule has 0 spiro atoms. The molecule has 0 aliphatic carbocycles. The van der Waals surface area contributed by atoms with E-state index in [9.17, 15) is 0 Å². The highest BCUT2D eigenvalue weighted by Gasteiger charge is 1.99. The van der Waals surface area contributed by atoms with E-state index in [-0.39, 0.29) is 0 Å². The predicted molar refractivity (Wildman–Crippen MR) is 58.6 cm³/mol. The second-order valence-corrected chi connectivity index (χ2v) is 3.33. The molecule has 0 saturated heterocycles. The Bertz CT molecular complexity index is 432. The van der Waals surface area contributed by atoms with Crippen LogP contribution in [0.5, 0.6) is 0 Å². The Morgan fingerprint density at radius 1 is 1.27 bits per heavy atom. The Morgan fingerprint density at radius 2 is 2.20 bits per heavy atom. The summed E-state index contributed by atoms with van der Waals surface area (Å²) >= 11 is 5.93. The fourth-order valence-electron chi connectivity index (χ4n) is 1.13.